The molecule has 0 radical (unpaired) electrons. The molecule has 1 atom stereocenters. The highest BCUT2D eigenvalue weighted by atomic mass is 35.7. The molecule has 0 bridgehead atoms. The highest BCUT2D eigenvalue weighted by Crippen LogP contribution is 2.33. The summed E-state index contributed by atoms with van der Waals surface area (Å²) in [6.07, 6.45) is 0. The summed E-state index contributed by atoms with van der Waals surface area (Å²) in [6, 6.07) is 3.68. The molecule has 1 unspecified atom stereocenters. The van der Waals surface area contributed by atoms with Gasteiger partial charge in [0.05, 0.1) is 0 Å². The van der Waals surface area contributed by atoms with Gasteiger partial charge in [-0.05, 0) is 10.7 Å². The third-order valence-electron chi connectivity index (χ3n) is 0.772. The summed E-state index contributed by atoms with van der Waals surface area (Å²) in [6.45, 7) is 0. The number of halogens is 1. The zero-order valence-corrected chi connectivity index (χ0v) is 6.93. The maximum atomic E-state index is 8.43. The van der Waals surface area contributed by atoms with Gasteiger partial charge >= 0.3 is 0 Å². The quantitative estimate of drug-likeness (QED) is 0.547. The van der Waals surface area contributed by atoms with Crippen LogP contribution < -0.4 is 0 Å². The maximum Gasteiger partial charge on any atom is 0.138 e. The summed E-state index contributed by atoms with van der Waals surface area (Å²) in [5, 5.41) is 16.8. The lowest BCUT2D eigenvalue weighted by atomic mass is 10.5. The lowest BCUT2D eigenvalue weighted by Crippen LogP contribution is -1.78. The van der Waals surface area contributed by atoms with Crippen molar-refractivity contribution in [1.82, 2.24) is 0 Å². The van der Waals surface area contributed by atoms with Crippen LogP contribution in [-0.4, -0.2) is 0 Å². The molecule has 0 fully saturated rings. The summed E-state index contributed by atoms with van der Waals surface area (Å²) in [4.78, 5) is 0.606. The molecule has 10 heavy (non-hydrogen) atoms. The van der Waals surface area contributed by atoms with Crippen LogP contribution in [0.3, 0.4) is 0 Å². The Balaban J connectivity index is 3.10. The van der Waals surface area contributed by atoms with E-state index >= 15 is 0 Å². The van der Waals surface area contributed by atoms with E-state index in [0.29, 0.717) is 4.91 Å². The normalized spacial score (nSPS) is 23.3. The number of nitrogens with zero attached hydrogens (tertiary/aromatic N) is 3. The number of hydrogen-bond acceptors (Lipinski definition) is 4. The van der Waals surface area contributed by atoms with Crippen LogP contribution in [0.25, 0.3) is 0 Å². The van der Waals surface area contributed by atoms with Gasteiger partial charge in [-0.25, -0.2) is 0 Å². The van der Waals surface area contributed by atoms with Crippen molar-refractivity contribution in [3.05, 3.63) is 9.81 Å². The Morgan fingerprint density at radius 2 is 2.20 bits per heavy atom. The fourth-order valence-electron chi connectivity index (χ4n) is 0.385. The maximum absolute atomic E-state index is 8.43. The summed E-state index contributed by atoms with van der Waals surface area (Å²) in [7, 11) is 4.68. The molecule has 0 aromatic rings. The first-order valence-corrected chi connectivity index (χ1v) is 4.91. The predicted octanol–water partition coefficient (Wildman–Crippen LogP) is 1.86. The molecular formula is C4ClN3S2. The van der Waals surface area contributed by atoms with Gasteiger partial charge in [-0.3, -0.25) is 0 Å². The average molecular weight is 190 g/mol. The number of nitriles is 2. The fourth-order valence-corrected chi connectivity index (χ4v) is 2.76. The van der Waals surface area contributed by atoms with Crippen molar-refractivity contribution >= 4 is 32.5 Å². The number of allylic oxidation sites excluding steroid dienone is 2. The Labute approximate surface area is 69.0 Å². The van der Waals surface area contributed by atoms with Crippen LogP contribution in [-0.2, 0) is 9.90 Å². The molecule has 6 heteroatoms. The van der Waals surface area contributed by atoms with Gasteiger partial charge in [0.1, 0.15) is 21.9 Å². The highest BCUT2D eigenvalue weighted by molar-refractivity contribution is 8.22. The Kier molecular flexibility index (Phi) is 2.34. The molecule has 0 aliphatic carbocycles. The molecule has 50 valence electrons. The smallest absolute Gasteiger partial charge is 0.138 e. The summed E-state index contributed by atoms with van der Waals surface area (Å²) < 4.78 is 3.73. The van der Waals surface area contributed by atoms with Crippen molar-refractivity contribution in [2.45, 2.75) is 0 Å². The Morgan fingerprint density at radius 3 is 2.60 bits per heavy atom. The van der Waals surface area contributed by atoms with Gasteiger partial charge in [-0.15, -0.1) is 0 Å². The number of hydrogen-bond donors (Lipinski definition) is 0. The third kappa shape index (κ3) is 1.17. The Morgan fingerprint density at radius 1 is 1.50 bits per heavy atom. The highest BCUT2D eigenvalue weighted by Gasteiger charge is 2.17. The van der Waals surface area contributed by atoms with Crippen LogP contribution >= 0.6 is 22.6 Å². The minimum Gasteiger partial charge on any atom is -0.192 e. The van der Waals surface area contributed by atoms with Crippen LogP contribution in [0.5, 0.6) is 0 Å². The van der Waals surface area contributed by atoms with E-state index < -0.39 is 9.90 Å². The van der Waals surface area contributed by atoms with Gasteiger partial charge in [0.2, 0.25) is 0 Å². The zero-order chi connectivity index (χ0) is 7.56. The zero-order valence-electron chi connectivity index (χ0n) is 4.54. The molecule has 1 heterocycles. The van der Waals surface area contributed by atoms with E-state index in [-0.39, 0.29) is 4.91 Å². The SMILES string of the molecule is N#CC1=C(C#N)S(Cl)=NS1. The molecule has 0 aromatic carbocycles. The van der Waals surface area contributed by atoms with Gasteiger partial charge in [0.25, 0.3) is 0 Å². The molecule has 3 nitrogen and oxygen atoms in total. The van der Waals surface area contributed by atoms with Gasteiger partial charge in [-0.1, -0.05) is 0 Å². The largest absolute Gasteiger partial charge is 0.192 e. The van der Waals surface area contributed by atoms with Crippen molar-refractivity contribution in [3.63, 3.8) is 0 Å². The van der Waals surface area contributed by atoms with Crippen molar-refractivity contribution in [2.75, 3.05) is 0 Å². The third-order valence-corrected chi connectivity index (χ3v) is 3.80. The van der Waals surface area contributed by atoms with Crippen molar-refractivity contribution in [2.24, 2.45) is 3.77 Å². The summed E-state index contributed by atoms with van der Waals surface area (Å²) in [5.41, 5.74) is 0. The van der Waals surface area contributed by atoms with Crippen molar-refractivity contribution in [3.8, 4) is 12.1 Å². The van der Waals surface area contributed by atoms with Crippen LogP contribution in [0.15, 0.2) is 13.6 Å². The van der Waals surface area contributed by atoms with Crippen molar-refractivity contribution in [1.29, 1.82) is 10.5 Å². The molecule has 0 spiro atoms. The van der Waals surface area contributed by atoms with Gasteiger partial charge < -0.3 is 0 Å². The molecule has 1 aliphatic rings. The van der Waals surface area contributed by atoms with Gasteiger partial charge in [0.15, 0.2) is 0 Å². The van der Waals surface area contributed by atoms with E-state index in [0.717, 1.165) is 11.9 Å². The van der Waals surface area contributed by atoms with E-state index in [1.165, 1.54) is 0 Å². The molecule has 0 amide bonds. The molecule has 1 aliphatic heterocycles. The predicted molar refractivity (Wildman–Crippen MR) is 41.5 cm³/mol. The van der Waals surface area contributed by atoms with Crippen LogP contribution in [0.2, 0.25) is 0 Å². The van der Waals surface area contributed by atoms with E-state index in [9.17, 15) is 0 Å². The molecule has 0 N–H and O–H groups in total. The monoisotopic (exact) mass is 189 g/mol. The summed E-state index contributed by atoms with van der Waals surface area (Å²) in [5.74, 6) is 0. The standard InChI is InChI=1S/C4ClN3S2/c5-10-4(2-7)3(1-6)9-8-10. The van der Waals surface area contributed by atoms with Gasteiger partial charge in [0, 0.05) is 21.9 Å². The van der Waals surface area contributed by atoms with E-state index in [1.807, 2.05) is 12.1 Å². The Bertz CT molecular complexity index is 305. The van der Waals surface area contributed by atoms with Crippen LogP contribution in [0.4, 0.5) is 0 Å². The summed E-state index contributed by atoms with van der Waals surface area (Å²) >= 11 is 0.985. The first-order valence-electron chi connectivity index (χ1n) is 2.12. The second-order valence-corrected chi connectivity index (χ2v) is 4.23. The lowest BCUT2D eigenvalue weighted by molar-refractivity contribution is 1.50. The molecule has 0 aromatic heterocycles. The van der Waals surface area contributed by atoms with Gasteiger partial charge in [-0.2, -0.15) is 14.3 Å². The first-order chi connectivity index (χ1) is 4.79. The Hall–Kier alpha value is -0.490. The molecule has 0 saturated heterocycles. The second-order valence-electron chi connectivity index (χ2n) is 1.29. The minimum atomic E-state index is -0.884. The van der Waals surface area contributed by atoms with E-state index in [4.69, 9.17) is 21.2 Å². The molecular weight excluding hydrogens is 190 g/mol. The average Bonchev–Trinajstić information content (AvgIpc) is 2.30. The first kappa shape index (κ1) is 7.62. The van der Waals surface area contributed by atoms with Crippen LogP contribution in [0, 0.1) is 22.7 Å². The van der Waals surface area contributed by atoms with E-state index in [2.05, 4.69) is 3.77 Å². The van der Waals surface area contributed by atoms with Crippen LogP contribution in [0.1, 0.15) is 0 Å². The topological polar surface area (TPSA) is 59.9 Å². The molecule has 0 saturated carbocycles. The number of rotatable bonds is 0. The fraction of sp³-hybridized carbons (Fsp3) is 0. The molecule has 1 rings (SSSR count). The second kappa shape index (κ2) is 3.07. The lowest BCUT2D eigenvalue weighted by Gasteiger charge is -1.82. The van der Waals surface area contributed by atoms with Crippen molar-refractivity contribution < 1.29 is 0 Å². The minimum absolute atomic E-state index is 0.286. The van der Waals surface area contributed by atoms with E-state index in [1.54, 1.807) is 0 Å².